The first-order valence-corrected chi connectivity index (χ1v) is 15.8. The number of carbonyl (C=O) groups is 2. The van der Waals surface area contributed by atoms with Crippen molar-refractivity contribution in [1.82, 2.24) is 19.6 Å². The van der Waals surface area contributed by atoms with Gasteiger partial charge in [0.05, 0.1) is 23.9 Å². The zero-order valence-electron chi connectivity index (χ0n) is 24.2. The van der Waals surface area contributed by atoms with Crippen LogP contribution in [0.2, 0.25) is 0 Å². The summed E-state index contributed by atoms with van der Waals surface area (Å²) in [6.07, 6.45) is 2.64. The van der Waals surface area contributed by atoms with E-state index >= 15 is 0 Å². The molecule has 0 bridgehead atoms. The van der Waals surface area contributed by atoms with Crippen molar-refractivity contribution in [2.24, 2.45) is 0 Å². The molecule has 1 N–H and O–H groups in total. The summed E-state index contributed by atoms with van der Waals surface area (Å²) in [7, 11) is 0. The third-order valence-electron chi connectivity index (χ3n) is 7.28. The minimum Gasteiger partial charge on any atom is -0.505 e. The predicted octanol–water partition coefficient (Wildman–Crippen LogP) is 6.65. The number of aliphatic hydroxyl groups excluding tert-OH is 1. The molecule has 1 aliphatic heterocycles. The molecule has 1 fully saturated rings. The molecule has 6 rings (SSSR count). The lowest BCUT2D eigenvalue weighted by Crippen LogP contribution is -2.29. The molecule has 1 unspecified atom stereocenters. The average Bonchev–Trinajstić information content (AvgIpc) is 3.71. The van der Waals surface area contributed by atoms with Gasteiger partial charge in [-0.05, 0) is 67.3 Å². The second kappa shape index (κ2) is 12.2. The van der Waals surface area contributed by atoms with E-state index in [0.717, 1.165) is 28.9 Å². The quantitative estimate of drug-likeness (QED) is 0.0635. The van der Waals surface area contributed by atoms with Gasteiger partial charge in [-0.2, -0.15) is 0 Å². The number of hydrogen-bond acceptors (Lipinski definition) is 9. The van der Waals surface area contributed by atoms with Gasteiger partial charge in [-0.1, -0.05) is 60.4 Å². The number of hydrogen-bond donors (Lipinski definition) is 1. The van der Waals surface area contributed by atoms with E-state index in [9.17, 15) is 19.1 Å². The molecule has 224 valence electrons. The summed E-state index contributed by atoms with van der Waals surface area (Å²) in [4.78, 5) is 33.4. The number of ether oxygens (including phenoxy) is 1. The van der Waals surface area contributed by atoms with E-state index in [1.165, 1.54) is 28.8 Å². The largest absolute Gasteiger partial charge is 0.505 e. The highest BCUT2D eigenvalue weighted by molar-refractivity contribution is 8.00. The maximum Gasteiger partial charge on any atom is 0.301 e. The van der Waals surface area contributed by atoms with E-state index in [4.69, 9.17) is 4.74 Å². The van der Waals surface area contributed by atoms with Crippen LogP contribution in [0.3, 0.4) is 0 Å². The van der Waals surface area contributed by atoms with Crippen LogP contribution in [0, 0.1) is 19.7 Å². The summed E-state index contributed by atoms with van der Waals surface area (Å²) in [6.45, 7) is 6.20. The van der Waals surface area contributed by atoms with Gasteiger partial charge in [-0.25, -0.2) is 9.37 Å². The van der Waals surface area contributed by atoms with Gasteiger partial charge in [0.15, 0.2) is 10.1 Å². The highest BCUT2D eigenvalue weighted by Gasteiger charge is 2.49. The van der Waals surface area contributed by atoms with E-state index in [1.54, 1.807) is 43.3 Å². The van der Waals surface area contributed by atoms with Gasteiger partial charge in [0.1, 0.15) is 22.9 Å². The van der Waals surface area contributed by atoms with Crippen LogP contribution < -0.4 is 9.64 Å². The van der Waals surface area contributed by atoms with Crippen LogP contribution in [0.1, 0.15) is 47.5 Å². The minimum absolute atomic E-state index is 0.0949. The first-order valence-electron chi connectivity index (χ1n) is 14.0. The van der Waals surface area contributed by atoms with E-state index in [1.807, 2.05) is 36.6 Å². The number of halogens is 1. The minimum atomic E-state index is -1.01. The van der Waals surface area contributed by atoms with E-state index in [0.29, 0.717) is 39.4 Å². The summed E-state index contributed by atoms with van der Waals surface area (Å²) in [5.74, 6) is -1.28. The highest BCUT2D eigenvalue weighted by atomic mass is 32.2. The summed E-state index contributed by atoms with van der Waals surface area (Å²) in [6, 6.07) is 16.1. The third-order valence-corrected chi connectivity index (χ3v) is 9.40. The maximum absolute atomic E-state index is 13.7. The van der Waals surface area contributed by atoms with Crippen molar-refractivity contribution in [2.75, 3.05) is 11.5 Å². The van der Waals surface area contributed by atoms with Gasteiger partial charge in [-0.3, -0.25) is 14.5 Å². The number of aryl methyl sites for hydroxylation is 2. The Balaban J connectivity index is 1.44. The molecule has 1 saturated heterocycles. The number of aromatic nitrogens is 4. The number of imidazole rings is 1. The van der Waals surface area contributed by atoms with Gasteiger partial charge in [0.2, 0.25) is 5.13 Å². The number of amides is 1. The molecule has 44 heavy (non-hydrogen) atoms. The lowest BCUT2D eigenvalue weighted by molar-refractivity contribution is -0.132. The molecule has 3 aromatic heterocycles. The number of rotatable bonds is 9. The van der Waals surface area contributed by atoms with Crippen LogP contribution in [-0.2, 0) is 15.3 Å². The number of ketones is 1. The average molecular weight is 630 g/mol. The lowest BCUT2D eigenvalue weighted by atomic mass is 9.96. The van der Waals surface area contributed by atoms with Crippen LogP contribution in [-0.4, -0.2) is 43.0 Å². The summed E-state index contributed by atoms with van der Waals surface area (Å²) in [5.41, 5.74) is 3.74. The van der Waals surface area contributed by atoms with E-state index < -0.39 is 17.7 Å². The van der Waals surface area contributed by atoms with Gasteiger partial charge in [0, 0.05) is 11.9 Å². The monoisotopic (exact) mass is 629 g/mol. The van der Waals surface area contributed by atoms with Crippen LogP contribution in [0.5, 0.6) is 5.75 Å². The molecular weight excluding hydrogens is 602 g/mol. The first-order chi connectivity index (χ1) is 21.3. The van der Waals surface area contributed by atoms with Crippen molar-refractivity contribution >= 4 is 51.3 Å². The van der Waals surface area contributed by atoms with Crippen LogP contribution in [0.25, 0.3) is 11.4 Å². The van der Waals surface area contributed by atoms with Crippen LogP contribution >= 0.6 is 23.1 Å². The molecule has 1 aliphatic rings. The summed E-state index contributed by atoms with van der Waals surface area (Å²) in [5, 5.41) is 20.5. The van der Waals surface area contributed by atoms with Crippen molar-refractivity contribution in [3.8, 4) is 5.75 Å². The fourth-order valence-electron chi connectivity index (χ4n) is 5.10. The molecule has 2 aromatic carbocycles. The fraction of sp³-hybridized carbons (Fsp3) is 0.219. The number of nitrogens with zero attached hydrogens (tertiary/aromatic N) is 5. The Hall–Kier alpha value is -4.55. The number of carbonyl (C=O) groups excluding carboxylic acids is 2. The van der Waals surface area contributed by atoms with Crippen molar-refractivity contribution in [3.63, 3.8) is 0 Å². The van der Waals surface area contributed by atoms with E-state index in [-0.39, 0.29) is 28.0 Å². The number of thioether (sulfide) groups is 1. The zero-order chi connectivity index (χ0) is 31.0. The lowest BCUT2D eigenvalue weighted by Gasteiger charge is -2.23. The third kappa shape index (κ3) is 5.46. The van der Waals surface area contributed by atoms with Crippen molar-refractivity contribution in [2.45, 2.75) is 43.3 Å². The van der Waals surface area contributed by atoms with Gasteiger partial charge in [-0.15, -0.1) is 10.2 Å². The van der Waals surface area contributed by atoms with Gasteiger partial charge >= 0.3 is 5.91 Å². The van der Waals surface area contributed by atoms with E-state index in [2.05, 4.69) is 15.2 Å². The molecule has 0 radical (unpaired) electrons. The Kier molecular flexibility index (Phi) is 8.19. The standard InChI is InChI=1S/C32H28FN5O4S2/c1-4-15-42-23-9-5-8-21(16-23)26-24(27(39)25-19(3)37-14-6-7-18(2)29(37)34-25)28(40)30(41)38(26)31-35-36-32(44-31)43-17-20-10-12-22(33)13-11-20/h5-14,16,26,39H,4,15,17H2,1-3H3/b27-24+. The molecule has 0 aliphatic carbocycles. The van der Waals surface area contributed by atoms with Gasteiger partial charge in [0.25, 0.3) is 5.78 Å². The normalized spacial score (nSPS) is 16.3. The second-order valence-corrected chi connectivity index (χ2v) is 12.5. The van der Waals surface area contributed by atoms with Crippen molar-refractivity contribution in [1.29, 1.82) is 0 Å². The maximum atomic E-state index is 13.7. The number of aliphatic hydroxyl groups is 1. The van der Waals surface area contributed by atoms with Crippen LogP contribution in [0.15, 0.2) is 76.8 Å². The molecular formula is C32H28FN5O4S2. The SMILES string of the molecule is CCCOc1cccc(C2/C(=C(\O)c3nc4c(C)cccn4c3C)C(=O)C(=O)N2c2nnc(SCc3ccc(F)cc3)s2)c1. The zero-order valence-corrected chi connectivity index (χ0v) is 25.8. The fourth-order valence-corrected chi connectivity index (χ4v) is 6.92. The van der Waals surface area contributed by atoms with Crippen molar-refractivity contribution < 1.29 is 23.8 Å². The number of pyridine rings is 1. The predicted molar refractivity (Wildman–Crippen MR) is 168 cm³/mol. The molecule has 1 amide bonds. The van der Waals surface area contributed by atoms with Crippen LogP contribution in [0.4, 0.5) is 9.52 Å². The van der Waals surface area contributed by atoms with Crippen molar-refractivity contribution in [3.05, 3.63) is 106 Å². The first kappa shape index (κ1) is 29.5. The molecule has 4 heterocycles. The smallest absolute Gasteiger partial charge is 0.301 e. The highest BCUT2D eigenvalue weighted by Crippen LogP contribution is 2.45. The number of anilines is 1. The molecule has 12 heteroatoms. The Morgan fingerprint density at radius 2 is 1.89 bits per heavy atom. The summed E-state index contributed by atoms with van der Waals surface area (Å²) < 4.78 is 21.6. The number of Topliss-reactive ketones (excluding diaryl/α,β-unsaturated/α-hetero) is 1. The van der Waals surface area contributed by atoms with Gasteiger partial charge < -0.3 is 14.2 Å². The Morgan fingerprint density at radius 1 is 1.09 bits per heavy atom. The molecule has 1 atom stereocenters. The summed E-state index contributed by atoms with van der Waals surface area (Å²) >= 11 is 2.54. The Bertz CT molecular complexity index is 1920. The molecule has 9 nitrogen and oxygen atoms in total. The topological polar surface area (TPSA) is 110 Å². The Morgan fingerprint density at radius 3 is 2.64 bits per heavy atom. The molecule has 5 aromatic rings. The number of fused-ring (bicyclic) bond motifs is 1. The second-order valence-electron chi connectivity index (χ2n) is 10.3. The number of benzene rings is 2. The Labute approximate surface area is 261 Å². The molecule has 0 saturated carbocycles. The molecule has 0 spiro atoms.